The van der Waals surface area contributed by atoms with Crippen molar-refractivity contribution in [2.45, 2.75) is 38.4 Å². The van der Waals surface area contributed by atoms with Crippen LogP contribution < -0.4 is 11.1 Å². The topological polar surface area (TPSA) is 85.8 Å². The van der Waals surface area contributed by atoms with Gasteiger partial charge in [0.15, 0.2) is 0 Å². The Morgan fingerprint density at radius 2 is 2.53 bits per heavy atom. The second-order valence-electron chi connectivity index (χ2n) is 3.92. The summed E-state index contributed by atoms with van der Waals surface area (Å²) in [7, 11) is 0. The summed E-state index contributed by atoms with van der Waals surface area (Å²) in [5, 5.41) is 11.1. The molecule has 0 bridgehead atoms. The van der Waals surface area contributed by atoms with Crippen molar-refractivity contribution in [3.63, 3.8) is 0 Å². The number of amides is 1. The minimum atomic E-state index is -0.438. The van der Waals surface area contributed by atoms with E-state index in [1.54, 1.807) is 13.1 Å². The standard InChI is InChI=1S/C9H15N5O/c1-6(9(10)15)14-5-8(12-13-14)4-11-7-2-3-7/h5-7,11H,2-4H2,1H3,(H2,10,15). The van der Waals surface area contributed by atoms with Crippen molar-refractivity contribution in [1.29, 1.82) is 0 Å². The molecule has 1 unspecified atom stereocenters. The van der Waals surface area contributed by atoms with E-state index in [0.29, 0.717) is 12.6 Å². The molecule has 0 spiro atoms. The molecule has 0 saturated heterocycles. The highest BCUT2D eigenvalue weighted by molar-refractivity contribution is 5.77. The van der Waals surface area contributed by atoms with Crippen LogP contribution in [0.25, 0.3) is 0 Å². The maximum Gasteiger partial charge on any atom is 0.242 e. The molecule has 3 N–H and O–H groups in total. The Balaban J connectivity index is 1.93. The number of aromatic nitrogens is 3. The van der Waals surface area contributed by atoms with Crippen LogP contribution in [0.4, 0.5) is 0 Å². The minimum Gasteiger partial charge on any atom is -0.368 e. The molecule has 15 heavy (non-hydrogen) atoms. The molecule has 1 fully saturated rings. The molecule has 0 aromatic carbocycles. The Hall–Kier alpha value is -1.43. The van der Waals surface area contributed by atoms with Crippen LogP contribution in [0.2, 0.25) is 0 Å². The zero-order chi connectivity index (χ0) is 10.8. The molecule has 1 heterocycles. The number of nitrogens with one attached hydrogen (secondary N) is 1. The van der Waals surface area contributed by atoms with Gasteiger partial charge >= 0.3 is 0 Å². The summed E-state index contributed by atoms with van der Waals surface area (Å²) >= 11 is 0. The third-order valence-electron chi connectivity index (χ3n) is 2.52. The number of nitrogens with two attached hydrogens (primary N) is 1. The van der Waals surface area contributed by atoms with Gasteiger partial charge in [0.05, 0.1) is 11.9 Å². The van der Waals surface area contributed by atoms with Crippen molar-refractivity contribution in [2.24, 2.45) is 5.73 Å². The van der Waals surface area contributed by atoms with Gasteiger partial charge in [0.1, 0.15) is 6.04 Å². The predicted octanol–water partition coefficient (Wildman–Crippen LogP) is -0.424. The van der Waals surface area contributed by atoms with Gasteiger partial charge in [0.25, 0.3) is 0 Å². The molecular formula is C9H15N5O. The Morgan fingerprint density at radius 3 is 3.13 bits per heavy atom. The normalized spacial score (nSPS) is 17.7. The summed E-state index contributed by atoms with van der Waals surface area (Å²) in [4.78, 5) is 10.9. The van der Waals surface area contributed by atoms with E-state index in [1.165, 1.54) is 17.5 Å². The van der Waals surface area contributed by atoms with Gasteiger partial charge in [0, 0.05) is 12.6 Å². The van der Waals surface area contributed by atoms with Gasteiger partial charge in [0.2, 0.25) is 5.91 Å². The molecule has 1 saturated carbocycles. The van der Waals surface area contributed by atoms with E-state index in [1.807, 2.05) is 0 Å². The first-order valence-corrected chi connectivity index (χ1v) is 5.10. The number of carbonyl (C=O) groups excluding carboxylic acids is 1. The molecule has 1 aromatic rings. The summed E-state index contributed by atoms with van der Waals surface area (Å²) in [6, 6.07) is 0.205. The Morgan fingerprint density at radius 1 is 1.80 bits per heavy atom. The smallest absolute Gasteiger partial charge is 0.242 e. The summed E-state index contributed by atoms with van der Waals surface area (Å²) in [5.74, 6) is -0.401. The van der Waals surface area contributed by atoms with Crippen molar-refractivity contribution >= 4 is 5.91 Å². The molecule has 1 aliphatic rings. The first kappa shape index (κ1) is 10.1. The molecule has 6 heteroatoms. The van der Waals surface area contributed by atoms with Gasteiger partial charge in [-0.25, -0.2) is 4.68 Å². The van der Waals surface area contributed by atoms with Gasteiger partial charge in [-0.2, -0.15) is 0 Å². The Labute approximate surface area is 87.8 Å². The summed E-state index contributed by atoms with van der Waals surface area (Å²) < 4.78 is 1.49. The van der Waals surface area contributed by atoms with Crippen LogP contribution in [0.1, 0.15) is 31.5 Å². The van der Waals surface area contributed by atoms with E-state index in [-0.39, 0.29) is 0 Å². The molecule has 0 aliphatic heterocycles. The van der Waals surface area contributed by atoms with Gasteiger partial charge in [-0.05, 0) is 19.8 Å². The maximum atomic E-state index is 10.9. The minimum absolute atomic E-state index is 0.401. The fourth-order valence-electron chi connectivity index (χ4n) is 1.25. The lowest BCUT2D eigenvalue weighted by atomic mass is 10.3. The fraction of sp³-hybridized carbons (Fsp3) is 0.667. The molecule has 0 radical (unpaired) electrons. The van der Waals surface area contributed by atoms with E-state index in [9.17, 15) is 4.79 Å². The average Bonchev–Trinajstić information content (AvgIpc) is 2.92. The molecule has 1 aromatic heterocycles. The number of nitrogens with zero attached hydrogens (tertiary/aromatic N) is 3. The van der Waals surface area contributed by atoms with Gasteiger partial charge in [-0.15, -0.1) is 5.10 Å². The van der Waals surface area contributed by atoms with Crippen LogP contribution in [0.15, 0.2) is 6.20 Å². The highest BCUT2D eigenvalue weighted by Crippen LogP contribution is 2.18. The number of carbonyl (C=O) groups is 1. The van der Waals surface area contributed by atoms with Gasteiger partial charge in [-0.3, -0.25) is 4.79 Å². The van der Waals surface area contributed by atoms with Gasteiger partial charge < -0.3 is 11.1 Å². The molecule has 82 valence electrons. The van der Waals surface area contributed by atoms with E-state index in [2.05, 4.69) is 15.6 Å². The van der Waals surface area contributed by atoms with Crippen molar-refractivity contribution in [3.8, 4) is 0 Å². The molecule has 6 nitrogen and oxygen atoms in total. The molecule has 1 atom stereocenters. The van der Waals surface area contributed by atoms with Crippen LogP contribution in [-0.4, -0.2) is 26.9 Å². The molecule has 1 aliphatic carbocycles. The molecular weight excluding hydrogens is 194 g/mol. The summed E-state index contributed by atoms with van der Waals surface area (Å²) in [6.07, 6.45) is 4.24. The SMILES string of the molecule is CC(C(N)=O)n1cc(CNC2CC2)nn1. The third-order valence-corrected chi connectivity index (χ3v) is 2.52. The Bertz CT molecular complexity index is 357. The highest BCUT2D eigenvalue weighted by atomic mass is 16.1. The number of primary amides is 1. The highest BCUT2D eigenvalue weighted by Gasteiger charge is 2.21. The van der Waals surface area contributed by atoms with Crippen LogP contribution in [-0.2, 0) is 11.3 Å². The molecule has 1 amide bonds. The Kier molecular flexibility index (Phi) is 2.68. The maximum absolute atomic E-state index is 10.9. The zero-order valence-corrected chi connectivity index (χ0v) is 8.68. The lowest BCUT2D eigenvalue weighted by Crippen LogP contribution is -2.24. The van der Waals surface area contributed by atoms with E-state index in [0.717, 1.165) is 5.69 Å². The van der Waals surface area contributed by atoms with Crippen molar-refractivity contribution in [3.05, 3.63) is 11.9 Å². The quantitative estimate of drug-likeness (QED) is 0.689. The van der Waals surface area contributed by atoms with E-state index in [4.69, 9.17) is 5.73 Å². The van der Waals surface area contributed by atoms with E-state index >= 15 is 0 Å². The number of hydrogen-bond acceptors (Lipinski definition) is 4. The fourth-order valence-corrected chi connectivity index (χ4v) is 1.25. The first-order valence-electron chi connectivity index (χ1n) is 5.10. The number of rotatable bonds is 5. The zero-order valence-electron chi connectivity index (χ0n) is 8.68. The second-order valence-corrected chi connectivity index (χ2v) is 3.92. The monoisotopic (exact) mass is 209 g/mol. The van der Waals surface area contributed by atoms with Crippen molar-refractivity contribution in [2.75, 3.05) is 0 Å². The lowest BCUT2D eigenvalue weighted by molar-refractivity contribution is -0.120. The number of hydrogen-bond donors (Lipinski definition) is 2. The van der Waals surface area contributed by atoms with Crippen LogP contribution in [0.5, 0.6) is 0 Å². The summed E-state index contributed by atoms with van der Waals surface area (Å²) in [6.45, 7) is 2.41. The van der Waals surface area contributed by atoms with Crippen molar-refractivity contribution < 1.29 is 4.79 Å². The predicted molar refractivity (Wildman–Crippen MR) is 53.8 cm³/mol. The van der Waals surface area contributed by atoms with Gasteiger partial charge in [-0.1, -0.05) is 5.21 Å². The first-order chi connectivity index (χ1) is 7.16. The largest absolute Gasteiger partial charge is 0.368 e. The summed E-state index contributed by atoms with van der Waals surface area (Å²) in [5.41, 5.74) is 6.01. The van der Waals surface area contributed by atoms with E-state index < -0.39 is 11.9 Å². The second kappa shape index (κ2) is 3.98. The van der Waals surface area contributed by atoms with Crippen molar-refractivity contribution in [1.82, 2.24) is 20.3 Å². The molecule has 2 rings (SSSR count). The van der Waals surface area contributed by atoms with Crippen LogP contribution in [0.3, 0.4) is 0 Å². The third kappa shape index (κ3) is 2.53. The average molecular weight is 209 g/mol. The lowest BCUT2D eigenvalue weighted by Gasteiger charge is -2.04. The van der Waals surface area contributed by atoms with Crippen LogP contribution >= 0.6 is 0 Å². The van der Waals surface area contributed by atoms with Crippen LogP contribution in [0, 0.1) is 0 Å².